The number of nitrogens with zero attached hydrogens (tertiary/aromatic N) is 3. The summed E-state index contributed by atoms with van der Waals surface area (Å²) in [4.78, 5) is 4.57. The zero-order chi connectivity index (χ0) is 14.6. The fourth-order valence-electron chi connectivity index (χ4n) is 2.13. The van der Waals surface area contributed by atoms with Crippen LogP contribution in [0.1, 0.15) is 27.2 Å². The number of amidine groups is 1. The minimum atomic E-state index is 0.355. The molecule has 6 heteroatoms. The largest absolute Gasteiger partial charge is 0.383 e. The van der Waals surface area contributed by atoms with Crippen LogP contribution in [0.4, 0.5) is 5.69 Å². The highest BCUT2D eigenvalue weighted by atomic mass is 32.2. The van der Waals surface area contributed by atoms with Crippen LogP contribution in [0.15, 0.2) is 17.4 Å². The number of aromatic nitrogens is 2. The van der Waals surface area contributed by atoms with E-state index in [-0.39, 0.29) is 0 Å². The van der Waals surface area contributed by atoms with Crippen molar-refractivity contribution in [2.24, 2.45) is 10.4 Å². The molecule has 0 fully saturated rings. The first-order valence-electron chi connectivity index (χ1n) is 6.96. The molecule has 0 saturated carbocycles. The van der Waals surface area contributed by atoms with E-state index in [9.17, 15) is 0 Å². The van der Waals surface area contributed by atoms with Crippen molar-refractivity contribution in [1.29, 1.82) is 0 Å². The molecule has 0 saturated heterocycles. The van der Waals surface area contributed by atoms with E-state index in [1.165, 1.54) is 6.42 Å². The summed E-state index contributed by atoms with van der Waals surface area (Å²) >= 11 is 1.84. The molecule has 1 unspecified atom stereocenters. The number of rotatable bonds is 5. The second kappa shape index (κ2) is 6.63. The molecule has 5 nitrogen and oxygen atoms in total. The summed E-state index contributed by atoms with van der Waals surface area (Å²) in [5, 5.41) is 9.22. The van der Waals surface area contributed by atoms with E-state index in [4.69, 9.17) is 4.74 Å². The molecule has 1 aromatic rings. The molecule has 112 valence electrons. The van der Waals surface area contributed by atoms with Gasteiger partial charge in [0, 0.05) is 18.6 Å². The average molecular weight is 296 g/mol. The predicted octanol–water partition coefficient (Wildman–Crippen LogP) is 2.85. The molecule has 0 spiro atoms. The lowest BCUT2D eigenvalue weighted by atomic mass is 9.90. The van der Waals surface area contributed by atoms with Gasteiger partial charge in [0.1, 0.15) is 0 Å². The maximum atomic E-state index is 5.04. The summed E-state index contributed by atoms with van der Waals surface area (Å²) in [6, 6.07) is 0. The van der Waals surface area contributed by atoms with Gasteiger partial charge < -0.3 is 10.1 Å². The Hall–Kier alpha value is -1.01. The Morgan fingerprint density at radius 1 is 1.50 bits per heavy atom. The zero-order valence-corrected chi connectivity index (χ0v) is 13.5. The number of nitrogens with one attached hydrogen (secondary N) is 1. The van der Waals surface area contributed by atoms with E-state index in [1.54, 1.807) is 7.11 Å². The Balaban J connectivity index is 1.81. The van der Waals surface area contributed by atoms with Crippen molar-refractivity contribution in [2.75, 3.05) is 25.6 Å². The van der Waals surface area contributed by atoms with Crippen LogP contribution in [0.3, 0.4) is 0 Å². The van der Waals surface area contributed by atoms with Crippen LogP contribution >= 0.6 is 11.8 Å². The fraction of sp³-hybridized carbons (Fsp3) is 0.714. The van der Waals surface area contributed by atoms with E-state index in [1.807, 2.05) is 28.8 Å². The Morgan fingerprint density at radius 3 is 3.00 bits per heavy atom. The Labute approximate surface area is 125 Å². The van der Waals surface area contributed by atoms with Gasteiger partial charge in [-0.1, -0.05) is 32.5 Å². The van der Waals surface area contributed by atoms with Gasteiger partial charge in [0.15, 0.2) is 5.17 Å². The molecule has 20 heavy (non-hydrogen) atoms. The van der Waals surface area contributed by atoms with Crippen LogP contribution in [-0.2, 0) is 11.3 Å². The molecule has 0 bridgehead atoms. The lowest BCUT2D eigenvalue weighted by Gasteiger charge is -2.21. The predicted molar refractivity (Wildman–Crippen MR) is 85.5 cm³/mol. The van der Waals surface area contributed by atoms with Crippen LogP contribution in [0, 0.1) is 5.41 Å². The lowest BCUT2D eigenvalue weighted by Crippen LogP contribution is -2.16. The maximum absolute atomic E-state index is 5.04. The summed E-state index contributed by atoms with van der Waals surface area (Å²) in [6.45, 7) is 9.17. The molecule has 1 N–H and O–H groups in total. The van der Waals surface area contributed by atoms with Gasteiger partial charge in [0.2, 0.25) is 0 Å². The van der Waals surface area contributed by atoms with Gasteiger partial charge in [0.25, 0.3) is 0 Å². The van der Waals surface area contributed by atoms with Crippen molar-refractivity contribution in [3.63, 3.8) is 0 Å². The van der Waals surface area contributed by atoms with Gasteiger partial charge >= 0.3 is 0 Å². The first kappa shape index (κ1) is 15.4. The highest BCUT2D eigenvalue weighted by Gasteiger charge is 2.25. The molecule has 2 heterocycles. The fourth-order valence-corrected chi connectivity index (χ4v) is 3.51. The lowest BCUT2D eigenvalue weighted by molar-refractivity contribution is 0.183. The standard InChI is InChI=1S/C14H24N4OS/c1-14(2,3)7-12-9-15-13(20-12)17-11-8-16-18(10-11)5-6-19-4/h8,10,12H,5-7,9H2,1-4H3,(H,15,17). The number of methoxy groups -OCH3 is 1. The number of hydrogen-bond acceptors (Lipinski definition) is 5. The number of aliphatic imine (C=N–C) groups is 1. The van der Waals surface area contributed by atoms with Crippen molar-refractivity contribution in [2.45, 2.75) is 39.0 Å². The molecule has 1 aromatic heterocycles. The molecular formula is C14H24N4OS. The summed E-state index contributed by atoms with van der Waals surface area (Å²) in [5.74, 6) is 0. The van der Waals surface area contributed by atoms with Crippen LogP contribution < -0.4 is 5.32 Å². The highest BCUT2D eigenvalue weighted by molar-refractivity contribution is 8.15. The molecule has 2 rings (SSSR count). The topological polar surface area (TPSA) is 51.4 Å². The molecule has 0 radical (unpaired) electrons. The molecule has 0 aromatic carbocycles. The number of anilines is 1. The van der Waals surface area contributed by atoms with Gasteiger partial charge in [-0.2, -0.15) is 5.10 Å². The van der Waals surface area contributed by atoms with E-state index in [2.05, 4.69) is 36.2 Å². The van der Waals surface area contributed by atoms with Gasteiger partial charge in [-0.15, -0.1) is 0 Å². The van der Waals surface area contributed by atoms with Crippen molar-refractivity contribution < 1.29 is 4.74 Å². The molecule has 1 aliphatic rings. The normalized spacial score (nSPS) is 19.2. The van der Waals surface area contributed by atoms with Crippen molar-refractivity contribution in [3.8, 4) is 0 Å². The van der Waals surface area contributed by atoms with E-state index >= 15 is 0 Å². The average Bonchev–Trinajstić information content (AvgIpc) is 2.95. The first-order valence-corrected chi connectivity index (χ1v) is 7.84. The summed E-state index contributed by atoms with van der Waals surface area (Å²) in [7, 11) is 1.70. The van der Waals surface area contributed by atoms with Gasteiger partial charge in [-0.05, 0) is 11.8 Å². The maximum Gasteiger partial charge on any atom is 0.161 e. The van der Waals surface area contributed by atoms with Crippen molar-refractivity contribution >= 4 is 22.6 Å². The molecule has 0 amide bonds. The van der Waals surface area contributed by atoms with Crippen LogP contribution in [-0.4, -0.2) is 40.5 Å². The van der Waals surface area contributed by atoms with Crippen LogP contribution in [0.25, 0.3) is 0 Å². The van der Waals surface area contributed by atoms with Crippen molar-refractivity contribution in [3.05, 3.63) is 12.4 Å². The SMILES string of the molecule is COCCn1cc(NC2=NCC(CC(C)(C)C)S2)cn1. The smallest absolute Gasteiger partial charge is 0.161 e. The van der Waals surface area contributed by atoms with Gasteiger partial charge in [-0.25, -0.2) is 0 Å². The third kappa shape index (κ3) is 4.83. The number of ether oxygens (including phenoxy) is 1. The molecule has 0 aliphatic carbocycles. The van der Waals surface area contributed by atoms with E-state index in [0.717, 1.165) is 23.9 Å². The Bertz CT molecular complexity index is 464. The molecule has 1 aliphatic heterocycles. The van der Waals surface area contributed by atoms with E-state index in [0.29, 0.717) is 17.3 Å². The first-order chi connectivity index (χ1) is 9.46. The Kier molecular flexibility index (Phi) is 5.10. The summed E-state index contributed by atoms with van der Waals surface area (Å²) < 4.78 is 6.91. The Morgan fingerprint density at radius 2 is 2.30 bits per heavy atom. The number of hydrogen-bond donors (Lipinski definition) is 1. The van der Waals surface area contributed by atoms with Crippen molar-refractivity contribution in [1.82, 2.24) is 9.78 Å². The number of thioether (sulfide) groups is 1. The highest BCUT2D eigenvalue weighted by Crippen LogP contribution is 2.32. The monoisotopic (exact) mass is 296 g/mol. The van der Waals surface area contributed by atoms with Crippen LogP contribution in [0.5, 0.6) is 0 Å². The third-order valence-corrected chi connectivity index (χ3v) is 4.07. The second-order valence-electron chi connectivity index (χ2n) is 6.26. The van der Waals surface area contributed by atoms with Crippen LogP contribution in [0.2, 0.25) is 0 Å². The third-order valence-electron chi connectivity index (χ3n) is 2.97. The van der Waals surface area contributed by atoms with Gasteiger partial charge in [-0.3, -0.25) is 9.67 Å². The molecular weight excluding hydrogens is 272 g/mol. The quantitative estimate of drug-likeness (QED) is 0.908. The minimum Gasteiger partial charge on any atom is -0.383 e. The van der Waals surface area contributed by atoms with Gasteiger partial charge in [0.05, 0.1) is 31.6 Å². The summed E-state index contributed by atoms with van der Waals surface area (Å²) in [5.41, 5.74) is 1.34. The molecule has 1 atom stereocenters. The minimum absolute atomic E-state index is 0.355. The summed E-state index contributed by atoms with van der Waals surface area (Å²) in [6.07, 6.45) is 4.99. The zero-order valence-electron chi connectivity index (χ0n) is 12.7. The van der Waals surface area contributed by atoms with E-state index < -0.39 is 0 Å². The second-order valence-corrected chi connectivity index (χ2v) is 7.55.